The summed E-state index contributed by atoms with van der Waals surface area (Å²) in [5.74, 6) is 0.192. The second-order valence-corrected chi connectivity index (χ2v) is 8.67. The second kappa shape index (κ2) is 11.2. The number of amides is 1. The first-order chi connectivity index (χ1) is 15.4. The number of nitrogens with one attached hydrogen (secondary N) is 1. The Morgan fingerprint density at radius 2 is 1.84 bits per heavy atom. The molecule has 0 aliphatic heterocycles. The fourth-order valence-corrected chi connectivity index (χ4v) is 4.26. The number of aryl methyl sites for hydroxylation is 2. The van der Waals surface area contributed by atoms with Gasteiger partial charge in [-0.1, -0.05) is 35.9 Å². The Morgan fingerprint density at radius 1 is 1.09 bits per heavy atom. The number of halogens is 1. The molecule has 0 atom stereocenters. The number of hydrogen-bond donors (Lipinski definition) is 1. The van der Waals surface area contributed by atoms with E-state index in [-0.39, 0.29) is 18.9 Å². The summed E-state index contributed by atoms with van der Waals surface area (Å²) in [5.41, 5.74) is 4.09. The number of benzene rings is 2. The Labute approximate surface area is 197 Å². The summed E-state index contributed by atoms with van der Waals surface area (Å²) in [7, 11) is 0. The Morgan fingerprint density at radius 3 is 2.56 bits per heavy atom. The molecule has 168 valence electrons. The van der Waals surface area contributed by atoms with Gasteiger partial charge in [0.1, 0.15) is 16.3 Å². The normalized spacial score (nSPS) is 10.6. The number of anilines is 1. The average Bonchev–Trinajstić information content (AvgIpc) is 3.17. The zero-order valence-corrected chi connectivity index (χ0v) is 19.9. The second-order valence-electron chi connectivity index (χ2n) is 7.35. The van der Waals surface area contributed by atoms with Gasteiger partial charge in [-0.3, -0.25) is 4.79 Å². The topological polar surface area (TPSA) is 64.6 Å². The van der Waals surface area contributed by atoms with Crippen LogP contribution in [0, 0.1) is 13.8 Å². The molecular weight excluding hydrogens is 446 g/mol. The van der Waals surface area contributed by atoms with Crippen LogP contribution in [-0.2, 0) is 9.53 Å². The van der Waals surface area contributed by atoms with Crippen LogP contribution in [0.5, 0.6) is 5.75 Å². The van der Waals surface area contributed by atoms with E-state index in [1.807, 2.05) is 49.6 Å². The smallest absolute Gasteiger partial charge is 0.341 e. The van der Waals surface area contributed by atoms with Gasteiger partial charge in [-0.25, -0.2) is 4.79 Å². The average molecular weight is 472 g/mol. The highest BCUT2D eigenvalue weighted by atomic mass is 35.5. The number of ether oxygens (including phenoxy) is 2. The molecule has 3 aromatic rings. The van der Waals surface area contributed by atoms with Crippen LogP contribution in [0.3, 0.4) is 0 Å². The molecular formula is C25H26ClNO4S. The molecule has 1 aromatic heterocycles. The van der Waals surface area contributed by atoms with Crippen molar-refractivity contribution in [3.8, 4) is 16.9 Å². The van der Waals surface area contributed by atoms with Gasteiger partial charge in [0.05, 0.1) is 13.2 Å². The Bertz CT molecular complexity index is 1090. The van der Waals surface area contributed by atoms with E-state index in [2.05, 4.69) is 5.32 Å². The van der Waals surface area contributed by atoms with Crippen LogP contribution in [0.2, 0.25) is 5.02 Å². The predicted molar refractivity (Wildman–Crippen MR) is 130 cm³/mol. The van der Waals surface area contributed by atoms with E-state index in [9.17, 15) is 9.59 Å². The lowest BCUT2D eigenvalue weighted by atomic mass is 10.0. The summed E-state index contributed by atoms with van der Waals surface area (Å²) in [4.78, 5) is 25.2. The van der Waals surface area contributed by atoms with Crippen LogP contribution >= 0.6 is 22.9 Å². The fourth-order valence-electron chi connectivity index (χ4n) is 3.16. The summed E-state index contributed by atoms with van der Waals surface area (Å²) in [6.45, 7) is 6.44. The van der Waals surface area contributed by atoms with Crippen molar-refractivity contribution in [2.45, 2.75) is 33.6 Å². The number of hydrogen-bond acceptors (Lipinski definition) is 5. The van der Waals surface area contributed by atoms with Crippen LogP contribution in [-0.4, -0.2) is 25.1 Å². The fraction of sp³-hybridized carbons (Fsp3) is 0.280. The number of esters is 1. The number of rotatable bonds is 9. The lowest BCUT2D eigenvalue weighted by molar-refractivity contribution is -0.116. The van der Waals surface area contributed by atoms with Gasteiger partial charge in [-0.15, -0.1) is 11.3 Å². The molecule has 3 rings (SSSR count). The Balaban J connectivity index is 1.65. The molecule has 32 heavy (non-hydrogen) atoms. The lowest BCUT2D eigenvalue weighted by Gasteiger charge is -2.11. The van der Waals surface area contributed by atoms with E-state index in [1.54, 1.807) is 19.1 Å². The highest BCUT2D eigenvalue weighted by molar-refractivity contribution is 7.15. The maximum atomic E-state index is 12.6. The molecule has 5 nitrogen and oxygen atoms in total. The molecule has 2 aromatic carbocycles. The van der Waals surface area contributed by atoms with E-state index in [1.165, 1.54) is 11.3 Å². The molecule has 7 heteroatoms. The molecule has 0 unspecified atom stereocenters. The summed E-state index contributed by atoms with van der Waals surface area (Å²) < 4.78 is 11.1. The van der Waals surface area contributed by atoms with E-state index >= 15 is 0 Å². The van der Waals surface area contributed by atoms with Crippen molar-refractivity contribution in [3.05, 3.63) is 69.6 Å². The first-order valence-electron chi connectivity index (χ1n) is 10.4. The van der Waals surface area contributed by atoms with Crippen LogP contribution in [0.1, 0.15) is 41.3 Å². The Hall–Kier alpha value is -2.83. The minimum Gasteiger partial charge on any atom is -0.493 e. The number of thiophene rings is 1. The van der Waals surface area contributed by atoms with Crippen LogP contribution in [0.25, 0.3) is 11.1 Å². The largest absolute Gasteiger partial charge is 0.493 e. The zero-order chi connectivity index (χ0) is 23.1. The van der Waals surface area contributed by atoms with E-state index < -0.39 is 5.97 Å². The molecule has 0 bridgehead atoms. The van der Waals surface area contributed by atoms with Crippen molar-refractivity contribution in [2.24, 2.45) is 0 Å². The Kier molecular flexibility index (Phi) is 8.31. The third kappa shape index (κ3) is 6.11. The van der Waals surface area contributed by atoms with Gasteiger partial charge in [0.25, 0.3) is 0 Å². The molecule has 1 N–H and O–H groups in total. The molecule has 0 aliphatic carbocycles. The monoisotopic (exact) mass is 471 g/mol. The van der Waals surface area contributed by atoms with Crippen molar-refractivity contribution >= 4 is 39.8 Å². The molecule has 0 saturated carbocycles. The minimum atomic E-state index is -0.466. The third-order valence-corrected chi connectivity index (χ3v) is 5.98. The van der Waals surface area contributed by atoms with E-state index in [0.717, 1.165) is 22.4 Å². The summed E-state index contributed by atoms with van der Waals surface area (Å²) in [5, 5.41) is 5.80. The molecule has 0 saturated heterocycles. The minimum absolute atomic E-state index is 0.176. The van der Waals surface area contributed by atoms with Crippen molar-refractivity contribution in [1.29, 1.82) is 0 Å². The van der Waals surface area contributed by atoms with Gasteiger partial charge >= 0.3 is 5.97 Å². The van der Waals surface area contributed by atoms with Gasteiger partial charge in [0.15, 0.2) is 0 Å². The quantitative estimate of drug-likeness (QED) is 0.280. The maximum absolute atomic E-state index is 12.6. The molecule has 0 fully saturated rings. The zero-order valence-electron chi connectivity index (χ0n) is 18.4. The van der Waals surface area contributed by atoms with E-state index in [4.69, 9.17) is 21.1 Å². The predicted octanol–water partition coefficient (Wildman–Crippen LogP) is 6.66. The molecule has 1 heterocycles. The number of carbonyl (C=O) groups excluding carboxylic acids is 2. The highest BCUT2D eigenvalue weighted by Crippen LogP contribution is 2.36. The van der Waals surface area contributed by atoms with Crippen LogP contribution in [0.15, 0.2) is 47.8 Å². The summed E-state index contributed by atoms with van der Waals surface area (Å²) in [6.07, 6.45) is 0.838. The van der Waals surface area contributed by atoms with Crippen LogP contribution < -0.4 is 10.1 Å². The molecule has 0 radical (unpaired) electrons. The molecule has 0 spiro atoms. The van der Waals surface area contributed by atoms with Gasteiger partial charge in [-0.05, 0) is 62.1 Å². The van der Waals surface area contributed by atoms with Gasteiger partial charge < -0.3 is 14.8 Å². The van der Waals surface area contributed by atoms with Crippen LogP contribution in [0.4, 0.5) is 5.00 Å². The maximum Gasteiger partial charge on any atom is 0.341 e. The lowest BCUT2D eigenvalue weighted by Crippen LogP contribution is -2.15. The summed E-state index contributed by atoms with van der Waals surface area (Å²) in [6, 6.07) is 13.2. The summed E-state index contributed by atoms with van der Waals surface area (Å²) >= 11 is 7.29. The molecule has 0 aliphatic rings. The first-order valence-corrected chi connectivity index (χ1v) is 11.7. The van der Waals surface area contributed by atoms with Gasteiger partial charge in [0, 0.05) is 22.4 Å². The van der Waals surface area contributed by atoms with E-state index in [0.29, 0.717) is 34.2 Å². The number of carbonyl (C=O) groups is 2. The van der Waals surface area contributed by atoms with Crippen molar-refractivity contribution < 1.29 is 19.1 Å². The first kappa shape index (κ1) is 23.8. The highest BCUT2D eigenvalue weighted by Gasteiger charge is 2.22. The van der Waals surface area contributed by atoms with Gasteiger partial charge in [0.2, 0.25) is 5.91 Å². The van der Waals surface area contributed by atoms with Crippen molar-refractivity contribution in [1.82, 2.24) is 0 Å². The third-order valence-electron chi connectivity index (χ3n) is 4.83. The van der Waals surface area contributed by atoms with Crippen molar-refractivity contribution in [2.75, 3.05) is 18.5 Å². The van der Waals surface area contributed by atoms with Gasteiger partial charge in [-0.2, -0.15) is 0 Å². The molecule has 1 amide bonds. The SMILES string of the molecule is CCOC(=O)c1c(-c2ccc(Cl)cc2)csc1NC(=O)CCCOc1cc(C)ccc1C. The standard InChI is InChI=1S/C25H26ClNO4S/c1-4-30-25(29)23-20(18-9-11-19(26)12-10-18)15-32-24(23)27-22(28)6-5-13-31-21-14-16(2)7-8-17(21)3/h7-12,14-15H,4-6,13H2,1-3H3,(H,27,28). The van der Waals surface area contributed by atoms with Crippen molar-refractivity contribution in [3.63, 3.8) is 0 Å².